The van der Waals surface area contributed by atoms with E-state index in [-0.39, 0.29) is 0 Å². The van der Waals surface area contributed by atoms with Gasteiger partial charge in [0.1, 0.15) is 11.5 Å². The van der Waals surface area contributed by atoms with E-state index in [4.69, 9.17) is 0 Å². The monoisotopic (exact) mass is 354 g/mol. The first-order valence-corrected chi connectivity index (χ1v) is 10.2. The molecule has 0 saturated carbocycles. The molecule has 2 N–H and O–H groups in total. The lowest BCUT2D eigenvalue weighted by molar-refractivity contribution is 0.462. The molecular weight excluding hydrogens is 320 g/mol. The molecule has 2 atom stereocenters. The topological polar surface area (TPSA) is 40.5 Å². The Kier molecular flexibility index (Phi) is 7.56. The molecule has 2 aromatic rings. The lowest BCUT2D eigenvalue weighted by Gasteiger charge is -2.27. The van der Waals surface area contributed by atoms with Crippen LogP contribution in [-0.2, 0) is 12.8 Å². The number of aryl methyl sites for hydroxylation is 2. The average Bonchev–Trinajstić information content (AvgIpc) is 2.64. The summed E-state index contributed by atoms with van der Waals surface area (Å²) in [4.78, 5) is 0. The normalized spacial score (nSPS) is 13.5. The van der Waals surface area contributed by atoms with E-state index >= 15 is 0 Å². The Morgan fingerprint density at radius 1 is 0.654 bits per heavy atom. The van der Waals surface area contributed by atoms with Crippen LogP contribution in [0.2, 0.25) is 0 Å². The summed E-state index contributed by atoms with van der Waals surface area (Å²) in [6.07, 6.45) is 5.99. The molecular formula is C24H34O2. The largest absolute Gasteiger partial charge is 0.508 e. The zero-order valence-corrected chi connectivity index (χ0v) is 16.8. The van der Waals surface area contributed by atoms with Crippen molar-refractivity contribution in [2.45, 2.75) is 78.1 Å². The summed E-state index contributed by atoms with van der Waals surface area (Å²) >= 11 is 0. The number of benzene rings is 2. The van der Waals surface area contributed by atoms with E-state index in [9.17, 15) is 10.2 Å². The number of rotatable bonds is 9. The van der Waals surface area contributed by atoms with Crippen molar-refractivity contribution in [1.82, 2.24) is 0 Å². The summed E-state index contributed by atoms with van der Waals surface area (Å²) in [5.74, 6) is 1.65. The molecule has 0 amide bonds. The zero-order chi connectivity index (χ0) is 19.1. The molecule has 0 bridgehead atoms. The molecule has 2 nitrogen and oxygen atoms in total. The summed E-state index contributed by atoms with van der Waals surface area (Å²) in [5, 5.41) is 20.3. The quantitative estimate of drug-likeness (QED) is 0.526. The molecule has 2 aromatic carbocycles. The van der Waals surface area contributed by atoms with Crippen LogP contribution >= 0.6 is 0 Å². The molecule has 0 unspecified atom stereocenters. The predicted octanol–water partition coefficient (Wildman–Crippen LogP) is 6.69. The Hall–Kier alpha value is -1.96. The Balaban J connectivity index is 2.40. The van der Waals surface area contributed by atoms with Crippen molar-refractivity contribution < 1.29 is 10.2 Å². The number of hydrogen-bond acceptors (Lipinski definition) is 2. The molecule has 0 radical (unpaired) electrons. The van der Waals surface area contributed by atoms with E-state index in [1.807, 2.05) is 12.1 Å². The molecule has 142 valence electrons. The maximum atomic E-state index is 10.1. The SMILES string of the molecule is CCCc1cc([C@@H](CC)[C@H](CC)c2ccc(O)c(CCC)c2)ccc1O. The number of phenolic OH excluding ortho intramolecular Hbond substituents is 2. The van der Waals surface area contributed by atoms with Crippen molar-refractivity contribution in [1.29, 1.82) is 0 Å². The van der Waals surface area contributed by atoms with Crippen LogP contribution in [0.5, 0.6) is 11.5 Å². The van der Waals surface area contributed by atoms with Gasteiger partial charge in [0.05, 0.1) is 0 Å². The first kappa shape index (κ1) is 20.4. The van der Waals surface area contributed by atoms with E-state index in [2.05, 4.69) is 52.0 Å². The molecule has 2 heteroatoms. The second kappa shape index (κ2) is 9.66. The summed E-state index contributed by atoms with van der Waals surface area (Å²) in [6, 6.07) is 12.3. The summed E-state index contributed by atoms with van der Waals surface area (Å²) in [5.41, 5.74) is 4.72. The van der Waals surface area contributed by atoms with Crippen LogP contribution in [0.1, 0.15) is 87.5 Å². The molecule has 0 saturated heterocycles. The predicted molar refractivity (Wildman–Crippen MR) is 110 cm³/mol. The van der Waals surface area contributed by atoms with Crippen LogP contribution in [0.3, 0.4) is 0 Å². The number of phenols is 2. The molecule has 0 heterocycles. The molecule has 0 fully saturated rings. The van der Waals surface area contributed by atoms with Crippen LogP contribution in [0.25, 0.3) is 0 Å². The molecule has 26 heavy (non-hydrogen) atoms. The van der Waals surface area contributed by atoms with Crippen LogP contribution in [0.15, 0.2) is 36.4 Å². The summed E-state index contributed by atoms with van der Waals surface area (Å²) in [6.45, 7) is 8.77. The minimum absolute atomic E-state index is 0.411. The minimum Gasteiger partial charge on any atom is -0.508 e. The third kappa shape index (κ3) is 4.60. The second-order valence-electron chi connectivity index (χ2n) is 7.31. The molecule has 0 aliphatic rings. The van der Waals surface area contributed by atoms with Crippen LogP contribution in [-0.4, -0.2) is 10.2 Å². The lowest BCUT2D eigenvalue weighted by Crippen LogP contribution is -2.11. The highest BCUT2D eigenvalue weighted by atomic mass is 16.3. The Bertz CT molecular complexity index is 644. The average molecular weight is 355 g/mol. The fourth-order valence-corrected chi connectivity index (χ4v) is 4.12. The number of aromatic hydroxyl groups is 2. The molecule has 0 aliphatic heterocycles. The van der Waals surface area contributed by atoms with Gasteiger partial charge in [0.15, 0.2) is 0 Å². The van der Waals surface area contributed by atoms with Crippen LogP contribution in [0.4, 0.5) is 0 Å². The Labute approximate surface area is 158 Å². The van der Waals surface area contributed by atoms with Gasteiger partial charge in [-0.15, -0.1) is 0 Å². The highest BCUT2D eigenvalue weighted by Crippen LogP contribution is 2.40. The lowest BCUT2D eigenvalue weighted by atomic mass is 9.77. The Morgan fingerprint density at radius 3 is 1.35 bits per heavy atom. The first-order chi connectivity index (χ1) is 12.5. The van der Waals surface area contributed by atoms with Crippen molar-refractivity contribution in [2.75, 3.05) is 0 Å². The number of hydrogen-bond donors (Lipinski definition) is 2. The van der Waals surface area contributed by atoms with E-state index in [0.29, 0.717) is 23.3 Å². The zero-order valence-electron chi connectivity index (χ0n) is 16.8. The fraction of sp³-hybridized carbons (Fsp3) is 0.500. The maximum Gasteiger partial charge on any atom is 0.118 e. The van der Waals surface area contributed by atoms with Gasteiger partial charge in [0.25, 0.3) is 0 Å². The molecule has 2 rings (SSSR count). The van der Waals surface area contributed by atoms with Gasteiger partial charge in [-0.1, -0.05) is 64.8 Å². The van der Waals surface area contributed by atoms with E-state index in [0.717, 1.165) is 49.7 Å². The van der Waals surface area contributed by atoms with Crippen LogP contribution in [0, 0.1) is 0 Å². The molecule has 0 aromatic heterocycles. The second-order valence-corrected chi connectivity index (χ2v) is 7.31. The van der Waals surface area contributed by atoms with Crippen molar-refractivity contribution >= 4 is 0 Å². The van der Waals surface area contributed by atoms with Gasteiger partial charge in [-0.05, 0) is 71.9 Å². The highest BCUT2D eigenvalue weighted by molar-refractivity contribution is 5.42. The fourth-order valence-electron chi connectivity index (χ4n) is 4.12. The molecule has 0 spiro atoms. The standard InChI is InChI=1S/C24H34O2/c1-5-9-19-15-17(11-13-23(19)25)21(7-3)22(8-4)18-12-14-24(26)20(16-18)10-6-2/h11-16,21-22,25-26H,5-10H2,1-4H3/t21-,22-/m1/s1. The van der Waals surface area contributed by atoms with Crippen molar-refractivity contribution in [3.63, 3.8) is 0 Å². The van der Waals surface area contributed by atoms with Gasteiger partial charge in [-0.25, -0.2) is 0 Å². The van der Waals surface area contributed by atoms with Crippen molar-refractivity contribution in [3.05, 3.63) is 58.7 Å². The van der Waals surface area contributed by atoms with Gasteiger partial charge in [0, 0.05) is 0 Å². The van der Waals surface area contributed by atoms with Gasteiger partial charge >= 0.3 is 0 Å². The van der Waals surface area contributed by atoms with Gasteiger partial charge in [0.2, 0.25) is 0 Å². The van der Waals surface area contributed by atoms with E-state index in [1.165, 1.54) is 11.1 Å². The van der Waals surface area contributed by atoms with Crippen LogP contribution < -0.4 is 0 Å². The third-order valence-corrected chi connectivity index (χ3v) is 5.47. The van der Waals surface area contributed by atoms with Gasteiger partial charge in [-0.2, -0.15) is 0 Å². The third-order valence-electron chi connectivity index (χ3n) is 5.47. The van der Waals surface area contributed by atoms with Gasteiger partial charge in [-0.3, -0.25) is 0 Å². The summed E-state index contributed by atoms with van der Waals surface area (Å²) < 4.78 is 0. The maximum absolute atomic E-state index is 10.1. The first-order valence-electron chi connectivity index (χ1n) is 10.2. The smallest absolute Gasteiger partial charge is 0.118 e. The van der Waals surface area contributed by atoms with Gasteiger partial charge < -0.3 is 10.2 Å². The van der Waals surface area contributed by atoms with Crippen molar-refractivity contribution in [3.8, 4) is 11.5 Å². The molecule has 0 aliphatic carbocycles. The highest BCUT2D eigenvalue weighted by Gasteiger charge is 2.23. The summed E-state index contributed by atoms with van der Waals surface area (Å²) in [7, 11) is 0. The van der Waals surface area contributed by atoms with E-state index in [1.54, 1.807) is 0 Å². The van der Waals surface area contributed by atoms with E-state index < -0.39 is 0 Å². The Morgan fingerprint density at radius 2 is 1.04 bits per heavy atom. The minimum atomic E-state index is 0.411. The van der Waals surface area contributed by atoms with Crippen molar-refractivity contribution in [2.24, 2.45) is 0 Å².